The third-order valence-corrected chi connectivity index (χ3v) is 3.87. The molecule has 0 bridgehead atoms. The van der Waals surface area contributed by atoms with E-state index in [0.717, 1.165) is 37.6 Å². The van der Waals surface area contributed by atoms with Gasteiger partial charge in [-0.15, -0.1) is 0 Å². The first kappa shape index (κ1) is 11.8. The zero-order valence-corrected chi connectivity index (χ0v) is 10.6. The summed E-state index contributed by atoms with van der Waals surface area (Å²) in [7, 11) is 0. The lowest BCUT2D eigenvalue weighted by Gasteiger charge is -2.25. The smallest absolute Gasteiger partial charge is 0.226 e. The van der Waals surface area contributed by atoms with Crippen molar-refractivity contribution in [3.05, 3.63) is 0 Å². The minimum atomic E-state index is 0.254. The summed E-state index contributed by atoms with van der Waals surface area (Å²) in [6, 6.07) is 0. The Morgan fingerprint density at radius 2 is 2.00 bits per heavy atom. The fourth-order valence-electron chi connectivity index (χ4n) is 2.90. The van der Waals surface area contributed by atoms with Crippen LogP contribution in [0, 0.1) is 17.8 Å². The number of thiocarbonyl (C=S) groups is 1. The lowest BCUT2D eigenvalue weighted by Crippen LogP contribution is -2.41. The van der Waals surface area contributed by atoms with Gasteiger partial charge in [-0.1, -0.05) is 19.1 Å². The van der Waals surface area contributed by atoms with E-state index < -0.39 is 0 Å². The molecule has 0 radical (unpaired) electrons. The van der Waals surface area contributed by atoms with Crippen molar-refractivity contribution in [3.63, 3.8) is 0 Å². The van der Waals surface area contributed by atoms with Crippen LogP contribution >= 0.6 is 12.2 Å². The van der Waals surface area contributed by atoms with Gasteiger partial charge >= 0.3 is 0 Å². The van der Waals surface area contributed by atoms with Crippen molar-refractivity contribution in [1.82, 2.24) is 4.90 Å². The predicted octanol–water partition coefficient (Wildman–Crippen LogP) is 1.56. The summed E-state index contributed by atoms with van der Waals surface area (Å²) < 4.78 is 0. The molecule has 0 spiro atoms. The highest BCUT2D eigenvalue weighted by Crippen LogP contribution is 2.54. The molecule has 0 aromatic heterocycles. The van der Waals surface area contributed by atoms with Crippen molar-refractivity contribution < 1.29 is 4.79 Å². The first-order valence-corrected chi connectivity index (χ1v) is 6.59. The molecule has 16 heavy (non-hydrogen) atoms. The third kappa shape index (κ3) is 2.54. The van der Waals surface area contributed by atoms with Crippen LogP contribution in [0.2, 0.25) is 0 Å². The molecule has 3 nitrogen and oxygen atoms in total. The molecule has 2 rings (SSSR count). The number of nitrogens with zero attached hydrogens (tertiary/aromatic N) is 1. The van der Waals surface area contributed by atoms with Gasteiger partial charge in [0.25, 0.3) is 0 Å². The number of hydrogen-bond acceptors (Lipinski definition) is 2. The third-order valence-electron chi connectivity index (χ3n) is 3.74. The monoisotopic (exact) mass is 240 g/mol. The predicted molar refractivity (Wildman–Crippen MR) is 68.0 cm³/mol. The van der Waals surface area contributed by atoms with Crippen LogP contribution in [0.25, 0.3) is 0 Å². The van der Waals surface area contributed by atoms with E-state index in [4.69, 9.17) is 18.0 Å². The Morgan fingerprint density at radius 1 is 1.38 bits per heavy atom. The molecule has 0 heterocycles. The number of fused-ring (bicyclic) bond motifs is 1. The molecule has 0 aromatic rings. The van der Waals surface area contributed by atoms with Gasteiger partial charge in [0.05, 0.1) is 11.5 Å². The normalized spacial score (nSPS) is 30.9. The molecule has 2 aliphatic carbocycles. The highest BCUT2D eigenvalue weighted by atomic mass is 32.1. The molecule has 0 aromatic carbocycles. The minimum Gasteiger partial charge on any atom is -0.392 e. The molecular weight excluding hydrogens is 220 g/mol. The average Bonchev–Trinajstić information content (AvgIpc) is 2.83. The van der Waals surface area contributed by atoms with E-state index in [2.05, 4.69) is 6.92 Å². The Labute approximate surface area is 102 Å². The highest BCUT2D eigenvalue weighted by Gasteiger charge is 2.48. The van der Waals surface area contributed by atoms with Crippen LogP contribution in [0.5, 0.6) is 0 Å². The fraction of sp³-hybridized carbons (Fsp3) is 0.833. The molecular formula is C12H20N2OS. The molecule has 4 heteroatoms. The standard InChI is InChI=1S/C12H20N2OS/c1-2-3-14(7-11(13)16)12(15)10-5-8-4-9(8)6-10/h8-10H,2-7H2,1H3,(H2,13,16). The molecule has 2 N–H and O–H groups in total. The first-order valence-electron chi connectivity index (χ1n) is 6.19. The lowest BCUT2D eigenvalue weighted by atomic mass is 10.0. The summed E-state index contributed by atoms with van der Waals surface area (Å²) >= 11 is 4.90. The van der Waals surface area contributed by atoms with E-state index >= 15 is 0 Å². The number of hydrogen-bond donors (Lipinski definition) is 1. The van der Waals surface area contributed by atoms with E-state index in [9.17, 15) is 4.79 Å². The molecule has 0 saturated heterocycles. The summed E-state index contributed by atoms with van der Waals surface area (Å²) in [6.07, 6.45) is 4.52. The Balaban J connectivity index is 1.90. The number of amides is 1. The molecule has 90 valence electrons. The van der Waals surface area contributed by atoms with Crippen LogP contribution in [0.3, 0.4) is 0 Å². The van der Waals surface area contributed by atoms with Gasteiger partial charge in [-0.25, -0.2) is 0 Å². The zero-order chi connectivity index (χ0) is 11.7. The number of carbonyl (C=O) groups is 1. The van der Waals surface area contributed by atoms with Crippen molar-refractivity contribution in [2.75, 3.05) is 13.1 Å². The van der Waals surface area contributed by atoms with Crippen molar-refractivity contribution >= 4 is 23.1 Å². The summed E-state index contributed by atoms with van der Waals surface area (Å²) in [4.78, 5) is 14.5. The fourth-order valence-corrected chi connectivity index (χ4v) is 3.06. The van der Waals surface area contributed by atoms with Gasteiger partial charge in [0.2, 0.25) is 5.91 Å². The van der Waals surface area contributed by atoms with Gasteiger partial charge in [-0.3, -0.25) is 4.79 Å². The average molecular weight is 240 g/mol. The Hall–Kier alpha value is -0.640. The van der Waals surface area contributed by atoms with Gasteiger partial charge < -0.3 is 10.6 Å². The van der Waals surface area contributed by atoms with Crippen LogP contribution in [-0.4, -0.2) is 28.9 Å². The maximum atomic E-state index is 12.2. The van der Waals surface area contributed by atoms with E-state index in [1.54, 1.807) is 0 Å². The maximum absolute atomic E-state index is 12.2. The van der Waals surface area contributed by atoms with Crippen LogP contribution < -0.4 is 5.73 Å². The Bertz CT molecular complexity index is 295. The quantitative estimate of drug-likeness (QED) is 0.742. The van der Waals surface area contributed by atoms with Gasteiger partial charge in [-0.2, -0.15) is 0 Å². The number of nitrogens with two attached hydrogens (primary N) is 1. The molecule has 0 aliphatic heterocycles. The number of rotatable bonds is 5. The van der Waals surface area contributed by atoms with E-state index in [1.807, 2.05) is 4.90 Å². The SMILES string of the molecule is CCCN(CC(N)=S)C(=O)C1CC2CC2C1. The second kappa shape index (κ2) is 4.70. The topological polar surface area (TPSA) is 46.3 Å². The second-order valence-corrected chi connectivity index (χ2v) is 5.67. The van der Waals surface area contributed by atoms with Crippen LogP contribution in [0.1, 0.15) is 32.6 Å². The second-order valence-electron chi connectivity index (χ2n) is 5.15. The zero-order valence-electron chi connectivity index (χ0n) is 9.82. The molecule has 2 fully saturated rings. The van der Waals surface area contributed by atoms with Gasteiger partial charge in [-0.05, 0) is 37.5 Å². The lowest BCUT2D eigenvalue weighted by molar-refractivity contribution is -0.134. The summed E-state index contributed by atoms with van der Waals surface area (Å²) in [5.41, 5.74) is 5.53. The van der Waals surface area contributed by atoms with Gasteiger partial charge in [0.15, 0.2) is 0 Å². The van der Waals surface area contributed by atoms with Gasteiger partial charge in [0, 0.05) is 12.5 Å². The Morgan fingerprint density at radius 3 is 2.50 bits per heavy atom. The van der Waals surface area contributed by atoms with Crippen molar-refractivity contribution in [1.29, 1.82) is 0 Å². The molecule has 2 atom stereocenters. The Kier molecular flexibility index (Phi) is 3.47. The first-order chi connectivity index (χ1) is 7.61. The number of carbonyl (C=O) groups excluding carboxylic acids is 1. The van der Waals surface area contributed by atoms with Crippen LogP contribution in [0.4, 0.5) is 0 Å². The summed E-state index contributed by atoms with van der Waals surface area (Å²) in [5, 5.41) is 0. The molecule has 2 aliphatic rings. The maximum Gasteiger partial charge on any atom is 0.226 e. The largest absolute Gasteiger partial charge is 0.392 e. The van der Waals surface area contributed by atoms with Crippen LogP contribution in [0.15, 0.2) is 0 Å². The molecule has 2 unspecified atom stereocenters. The van der Waals surface area contributed by atoms with E-state index in [1.165, 1.54) is 6.42 Å². The summed E-state index contributed by atoms with van der Waals surface area (Å²) in [6.45, 7) is 3.31. The molecule has 1 amide bonds. The highest BCUT2D eigenvalue weighted by molar-refractivity contribution is 7.80. The van der Waals surface area contributed by atoms with Crippen LogP contribution in [-0.2, 0) is 4.79 Å². The minimum absolute atomic E-state index is 0.254. The summed E-state index contributed by atoms with van der Waals surface area (Å²) in [5.74, 6) is 2.23. The van der Waals surface area contributed by atoms with E-state index in [0.29, 0.717) is 11.5 Å². The van der Waals surface area contributed by atoms with Crippen molar-refractivity contribution in [2.45, 2.75) is 32.6 Å². The molecule has 2 saturated carbocycles. The van der Waals surface area contributed by atoms with Crippen molar-refractivity contribution in [3.8, 4) is 0 Å². The van der Waals surface area contributed by atoms with E-state index in [-0.39, 0.29) is 11.8 Å². The van der Waals surface area contributed by atoms with Gasteiger partial charge in [0.1, 0.15) is 0 Å². The van der Waals surface area contributed by atoms with Crippen molar-refractivity contribution in [2.24, 2.45) is 23.5 Å².